The Bertz CT molecular complexity index is 785. The Morgan fingerprint density at radius 2 is 1.80 bits per heavy atom. The van der Waals surface area contributed by atoms with Crippen LogP contribution in [-0.2, 0) is 4.79 Å². The predicted octanol–water partition coefficient (Wildman–Crippen LogP) is 2.23. The van der Waals surface area contributed by atoms with E-state index in [1.807, 2.05) is 0 Å². The average molecular weight is 289 g/mol. The van der Waals surface area contributed by atoms with Gasteiger partial charge in [-0.1, -0.05) is 24.3 Å². The van der Waals surface area contributed by atoms with E-state index in [1.54, 1.807) is 30.3 Å². The lowest BCUT2D eigenvalue weighted by atomic mass is 9.98. The second-order valence-corrected chi connectivity index (χ2v) is 4.79. The Balaban J connectivity index is 2.43. The van der Waals surface area contributed by atoms with Crippen molar-refractivity contribution in [2.24, 2.45) is 0 Å². The highest BCUT2D eigenvalue weighted by Crippen LogP contribution is 2.35. The molecule has 0 unspecified atom stereocenters. The number of carbonyl (C=O) groups excluding carboxylic acids is 3. The van der Waals surface area contributed by atoms with Crippen molar-refractivity contribution in [3.63, 3.8) is 0 Å². The van der Waals surface area contributed by atoms with E-state index in [-0.39, 0.29) is 16.8 Å². The molecule has 3 amide bonds. The Kier molecular flexibility index (Phi) is 2.72. The van der Waals surface area contributed by atoms with E-state index in [0.717, 1.165) is 9.81 Å². The molecule has 6 heteroatoms. The third-order valence-electron chi connectivity index (χ3n) is 3.20. The molecule has 3 rings (SSSR count). The molecule has 0 saturated carbocycles. The number of anilines is 1. The number of carbonyl (C=O) groups is 3. The summed E-state index contributed by atoms with van der Waals surface area (Å²) in [6.07, 6.45) is 0. The number of nitrogens with zero attached hydrogens (tertiary/aromatic N) is 1. The van der Waals surface area contributed by atoms with Gasteiger partial charge in [0.15, 0.2) is 0 Å². The van der Waals surface area contributed by atoms with E-state index in [9.17, 15) is 14.4 Å². The molecular formula is C14H9ClN2O3. The standard InChI is InChI=1S/C14H9ClN2O3/c1-7(18)17(15)10-6-8-4-2-3-5-9(8)11-12(10)14(20)16-13(11)19/h2-6H,1H3,(H,16,19,20). The molecule has 0 saturated heterocycles. The Morgan fingerprint density at radius 3 is 2.50 bits per heavy atom. The quantitative estimate of drug-likeness (QED) is 0.646. The van der Waals surface area contributed by atoms with Crippen LogP contribution in [0, 0.1) is 0 Å². The molecule has 1 heterocycles. The highest BCUT2D eigenvalue weighted by molar-refractivity contribution is 6.39. The second kappa shape index (κ2) is 4.31. The van der Waals surface area contributed by atoms with E-state index in [4.69, 9.17) is 11.8 Å². The van der Waals surface area contributed by atoms with Gasteiger partial charge in [-0.25, -0.2) is 4.42 Å². The van der Waals surface area contributed by atoms with E-state index in [0.29, 0.717) is 5.39 Å². The van der Waals surface area contributed by atoms with Gasteiger partial charge in [0.2, 0.25) is 5.91 Å². The van der Waals surface area contributed by atoms with Crippen LogP contribution in [-0.4, -0.2) is 17.7 Å². The van der Waals surface area contributed by atoms with Crippen LogP contribution in [0.4, 0.5) is 5.69 Å². The second-order valence-electron chi connectivity index (χ2n) is 4.45. The van der Waals surface area contributed by atoms with Crippen LogP contribution in [0.2, 0.25) is 0 Å². The highest BCUT2D eigenvalue weighted by atomic mass is 35.5. The first-order valence-electron chi connectivity index (χ1n) is 5.88. The van der Waals surface area contributed by atoms with E-state index in [2.05, 4.69) is 5.32 Å². The number of nitrogens with one attached hydrogen (secondary N) is 1. The summed E-state index contributed by atoms with van der Waals surface area (Å²) in [5.74, 6) is -1.45. The average Bonchev–Trinajstić information content (AvgIpc) is 2.73. The summed E-state index contributed by atoms with van der Waals surface area (Å²) in [6.45, 7) is 1.28. The number of imide groups is 1. The normalized spacial score (nSPS) is 13.3. The van der Waals surface area contributed by atoms with Crippen LogP contribution in [0.15, 0.2) is 30.3 Å². The first kappa shape index (κ1) is 12.6. The summed E-state index contributed by atoms with van der Waals surface area (Å²) in [4.78, 5) is 35.3. The number of fused-ring (bicyclic) bond motifs is 3. The fourth-order valence-corrected chi connectivity index (χ4v) is 2.48. The van der Waals surface area contributed by atoms with Crippen LogP contribution >= 0.6 is 11.8 Å². The van der Waals surface area contributed by atoms with Gasteiger partial charge < -0.3 is 0 Å². The van der Waals surface area contributed by atoms with Crippen molar-refractivity contribution in [3.05, 3.63) is 41.5 Å². The van der Waals surface area contributed by atoms with Gasteiger partial charge in [0, 0.05) is 18.7 Å². The SMILES string of the molecule is CC(=O)N(Cl)c1cc2ccccc2c2c1C(=O)NC2=O. The van der Waals surface area contributed by atoms with E-state index < -0.39 is 17.7 Å². The topological polar surface area (TPSA) is 66.5 Å². The zero-order chi connectivity index (χ0) is 14.4. The first-order chi connectivity index (χ1) is 9.50. The molecule has 2 aromatic carbocycles. The van der Waals surface area contributed by atoms with Gasteiger partial charge >= 0.3 is 0 Å². The minimum absolute atomic E-state index is 0.138. The van der Waals surface area contributed by atoms with E-state index in [1.165, 1.54) is 6.92 Å². The smallest absolute Gasteiger partial charge is 0.261 e. The number of hydrogen-bond acceptors (Lipinski definition) is 3. The van der Waals surface area contributed by atoms with Gasteiger partial charge in [-0.15, -0.1) is 0 Å². The zero-order valence-corrected chi connectivity index (χ0v) is 11.2. The lowest BCUT2D eigenvalue weighted by molar-refractivity contribution is -0.115. The van der Waals surface area contributed by atoms with Gasteiger partial charge in [-0.2, -0.15) is 0 Å². The summed E-state index contributed by atoms with van der Waals surface area (Å²) in [6, 6.07) is 8.75. The number of hydrogen-bond donors (Lipinski definition) is 1. The number of benzene rings is 2. The fourth-order valence-electron chi connectivity index (χ4n) is 2.35. The van der Waals surface area contributed by atoms with Crippen molar-refractivity contribution >= 4 is 46.0 Å². The largest absolute Gasteiger partial charge is 0.288 e. The molecule has 5 nitrogen and oxygen atoms in total. The van der Waals surface area contributed by atoms with Crippen LogP contribution in [0.1, 0.15) is 27.6 Å². The number of rotatable bonds is 1. The van der Waals surface area contributed by atoms with Gasteiger partial charge in [-0.3, -0.25) is 19.7 Å². The monoisotopic (exact) mass is 288 g/mol. The summed E-state index contributed by atoms with van der Waals surface area (Å²) in [5.41, 5.74) is 0.616. The molecule has 1 N–H and O–H groups in total. The zero-order valence-electron chi connectivity index (χ0n) is 10.4. The summed E-state index contributed by atoms with van der Waals surface area (Å²) in [7, 11) is 0. The van der Waals surface area contributed by atoms with Crippen molar-refractivity contribution in [2.45, 2.75) is 6.92 Å². The number of amides is 3. The molecule has 0 spiro atoms. The molecule has 0 bridgehead atoms. The van der Waals surface area contributed by atoms with Gasteiger partial charge in [-0.05, 0) is 16.8 Å². The maximum absolute atomic E-state index is 12.0. The summed E-state index contributed by atoms with van der Waals surface area (Å²) in [5, 5.41) is 3.62. The van der Waals surface area contributed by atoms with Crippen molar-refractivity contribution in [1.29, 1.82) is 0 Å². The van der Waals surface area contributed by atoms with E-state index >= 15 is 0 Å². The van der Waals surface area contributed by atoms with Crippen molar-refractivity contribution < 1.29 is 14.4 Å². The molecule has 0 aliphatic carbocycles. The Morgan fingerprint density at radius 1 is 1.15 bits per heavy atom. The maximum Gasteiger partial charge on any atom is 0.261 e. The van der Waals surface area contributed by atoms with Crippen molar-refractivity contribution in [2.75, 3.05) is 4.42 Å². The molecule has 1 aliphatic rings. The molecule has 1 aliphatic heterocycles. The summed E-state index contributed by atoms with van der Waals surface area (Å²) >= 11 is 5.93. The first-order valence-corrected chi connectivity index (χ1v) is 6.22. The molecular weight excluding hydrogens is 280 g/mol. The molecule has 0 aromatic heterocycles. The molecule has 0 radical (unpaired) electrons. The number of halogens is 1. The lowest BCUT2D eigenvalue weighted by Gasteiger charge is -2.15. The van der Waals surface area contributed by atoms with Gasteiger partial charge in [0.05, 0.1) is 16.8 Å². The third-order valence-corrected chi connectivity index (χ3v) is 3.62. The molecule has 0 atom stereocenters. The fraction of sp³-hybridized carbons (Fsp3) is 0.0714. The minimum Gasteiger partial charge on any atom is -0.288 e. The van der Waals surface area contributed by atoms with Gasteiger partial charge in [0.25, 0.3) is 11.8 Å². The van der Waals surface area contributed by atoms with Crippen molar-refractivity contribution in [3.8, 4) is 0 Å². The molecule has 0 fully saturated rings. The minimum atomic E-state index is -0.544. The van der Waals surface area contributed by atoms with Crippen LogP contribution in [0.3, 0.4) is 0 Å². The molecule has 20 heavy (non-hydrogen) atoms. The highest BCUT2D eigenvalue weighted by Gasteiger charge is 2.34. The Labute approximate surface area is 119 Å². The van der Waals surface area contributed by atoms with Crippen LogP contribution < -0.4 is 9.74 Å². The predicted molar refractivity (Wildman–Crippen MR) is 74.8 cm³/mol. The molecule has 2 aromatic rings. The summed E-state index contributed by atoms with van der Waals surface area (Å²) < 4.78 is 0.851. The molecule has 100 valence electrons. The van der Waals surface area contributed by atoms with Crippen LogP contribution in [0.25, 0.3) is 10.8 Å². The third kappa shape index (κ3) is 1.67. The van der Waals surface area contributed by atoms with Crippen LogP contribution in [0.5, 0.6) is 0 Å². The van der Waals surface area contributed by atoms with Gasteiger partial charge in [0.1, 0.15) is 0 Å². The Hall–Kier alpha value is -2.40. The van der Waals surface area contributed by atoms with Crippen molar-refractivity contribution in [1.82, 2.24) is 5.32 Å². The lowest BCUT2D eigenvalue weighted by Crippen LogP contribution is -2.22. The maximum atomic E-state index is 12.0.